The number of hydrogen-bond acceptors (Lipinski definition) is 3. The van der Waals surface area contributed by atoms with Crippen LogP contribution in [0.4, 0.5) is 0 Å². The van der Waals surface area contributed by atoms with E-state index in [9.17, 15) is 0 Å². The van der Waals surface area contributed by atoms with Crippen molar-refractivity contribution < 1.29 is 0 Å². The van der Waals surface area contributed by atoms with E-state index in [1.165, 1.54) is 24.8 Å². The van der Waals surface area contributed by atoms with Gasteiger partial charge in [-0.1, -0.05) is 13.3 Å². The van der Waals surface area contributed by atoms with Gasteiger partial charge in [0.05, 0.1) is 0 Å². The summed E-state index contributed by atoms with van der Waals surface area (Å²) < 4.78 is 0. The van der Waals surface area contributed by atoms with Crippen molar-refractivity contribution in [2.24, 2.45) is 11.8 Å². The topological polar surface area (TPSA) is 37.8 Å². The molecule has 0 aromatic carbocycles. The van der Waals surface area contributed by atoms with E-state index in [0.717, 1.165) is 11.8 Å². The zero-order valence-corrected chi connectivity index (χ0v) is 9.48. The average molecular weight is 205 g/mol. The quantitative estimate of drug-likeness (QED) is 0.821. The van der Waals surface area contributed by atoms with Gasteiger partial charge in [0.1, 0.15) is 6.33 Å². The van der Waals surface area contributed by atoms with Crippen molar-refractivity contribution in [2.45, 2.75) is 32.2 Å². The number of nitrogens with zero attached hydrogens (tertiary/aromatic N) is 2. The standard InChI is InChI=1S/C12H19N3/c1-9-3-4-10(5-9)12(13-2)11-6-14-8-15-7-11/h6-10,12-13H,3-5H2,1-2H3. The van der Waals surface area contributed by atoms with E-state index >= 15 is 0 Å². The molecular formula is C12H19N3. The van der Waals surface area contributed by atoms with Gasteiger partial charge in [0.25, 0.3) is 0 Å². The second-order valence-corrected chi connectivity index (χ2v) is 4.62. The molecule has 3 atom stereocenters. The van der Waals surface area contributed by atoms with E-state index in [1.807, 2.05) is 19.4 Å². The molecule has 1 fully saturated rings. The highest BCUT2D eigenvalue weighted by Gasteiger charge is 2.28. The summed E-state index contributed by atoms with van der Waals surface area (Å²) in [5, 5.41) is 3.40. The van der Waals surface area contributed by atoms with E-state index in [1.54, 1.807) is 6.33 Å². The fourth-order valence-corrected chi connectivity index (χ4v) is 2.70. The molecule has 3 unspecified atom stereocenters. The normalized spacial score (nSPS) is 27.9. The van der Waals surface area contributed by atoms with Gasteiger partial charge in [0, 0.05) is 24.0 Å². The van der Waals surface area contributed by atoms with Crippen molar-refractivity contribution in [2.75, 3.05) is 7.05 Å². The highest BCUT2D eigenvalue weighted by molar-refractivity contribution is 5.11. The Morgan fingerprint density at radius 3 is 2.60 bits per heavy atom. The van der Waals surface area contributed by atoms with Gasteiger partial charge in [-0.3, -0.25) is 0 Å². The molecule has 1 N–H and O–H groups in total. The maximum Gasteiger partial charge on any atom is 0.115 e. The van der Waals surface area contributed by atoms with Crippen LogP contribution in [0, 0.1) is 11.8 Å². The predicted octanol–water partition coefficient (Wildman–Crippen LogP) is 2.17. The molecule has 1 aromatic rings. The SMILES string of the molecule is CNC(c1cncnc1)C1CCC(C)C1. The Bertz CT molecular complexity index is 299. The van der Waals surface area contributed by atoms with Crippen LogP contribution in [-0.4, -0.2) is 17.0 Å². The van der Waals surface area contributed by atoms with Gasteiger partial charge in [0.2, 0.25) is 0 Å². The Hall–Kier alpha value is -0.960. The van der Waals surface area contributed by atoms with Crippen molar-refractivity contribution in [3.05, 3.63) is 24.3 Å². The Morgan fingerprint density at radius 2 is 2.07 bits per heavy atom. The Morgan fingerprint density at radius 1 is 1.33 bits per heavy atom. The van der Waals surface area contributed by atoms with Crippen molar-refractivity contribution in [3.63, 3.8) is 0 Å². The maximum absolute atomic E-state index is 4.09. The second kappa shape index (κ2) is 4.71. The molecule has 82 valence electrons. The molecule has 0 saturated heterocycles. The Kier molecular flexibility index (Phi) is 3.31. The van der Waals surface area contributed by atoms with Gasteiger partial charge in [-0.05, 0) is 31.7 Å². The number of nitrogens with one attached hydrogen (secondary N) is 1. The third kappa shape index (κ3) is 2.34. The van der Waals surface area contributed by atoms with Crippen molar-refractivity contribution in [1.29, 1.82) is 0 Å². The van der Waals surface area contributed by atoms with Gasteiger partial charge in [-0.2, -0.15) is 0 Å². The molecule has 0 amide bonds. The molecule has 15 heavy (non-hydrogen) atoms. The van der Waals surface area contributed by atoms with E-state index in [0.29, 0.717) is 6.04 Å². The van der Waals surface area contributed by atoms with Crippen LogP contribution in [-0.2, 0) is 0 Å². The molecule has 0 aliphatic heterocycles. The molecular weight excluding hydrogens is 186 g/mol. The Labute approximate surface area is 91.3 Å². The van der Waals surface area contributed by atoms with Gasteiger partial charge in [-0.25, -0.2) is 9.97 Å². The lowest BCUT2D eigenvalue weighted by molar-refractivity contribution is 0.378. The van der Waals surface area contributed by atoms with Crippen LogP contribution in [0.5, 0.6) is 0 Å². The third-order valence-electron chi connectivity index (χ3n) is 3.46. The summed E-state index contributed by atoms with van der Waals surface area (Å²) in [4.78, 5) is 8.19. The first kappa shape index (κ1) is 10.6. The molecule has 3 nitrogen and oxygen atoms in total. The monoisotopic (exact) mass is 205 g/mol. The molecule has 2 rings (SSSR count). The van der Waals surface area contributed by atoms with Gasteiger partial charge < -0.3 is 5.32 Å². The number of aromatic nitrogens is 2. The first-order chi connectivity index (χ1) is 7.31. The fraction of sp³-hybridized carbons (Fsp3) is 0.667. The zero-order valence-electron chi connectivity index (χ0n) is 9.48. The van der Waals surface area contributed by atoms with E-state index < -0.39 is 0 Å². The van der Waals surface area contributed by atoms with Crippen LogP contribution in [0.2, 0.25) is 0 Å². The summed E-state index contributed by atoms with van der Waals surface area (Å²) in [5.41, 5.74) is 1.22. The first-order valence-electron chi connectivity index (χ1n) is 5.73. The minimum atomic E-state index is 0.427. The van der Waals surface area contributed by atoms with Gasteiger partial charge >= 0.3 is 0 Å². The summed E-state index contributed by atoms with van der Waals surface area (Å²) in [5.74, 6) is 1.62. The summed E-state index contributed by atoms with van der Waals surface area (Å²) in [7, 11) is 2.03. The highest BCUT2D eigenvalue weighted by Crippen LogP contribution is 2.38. The second-order valence-electron chi connectivity index (χ2n) is 4.62. The van der Waals surface area contributed by atoms with Gasteiger partial charge in [-0.15, -0.1) is 0 Å². The molecule has 1 aliphatic rings. The van der Waals surface area contributed by atoms with Crippen LogP contribution in [0.15, 0.2) is 18.7 Å². The average Bonchev–Trinajstić information content (AvgIpc) is 2.68. The van der Waals surface area contributed by atoms with Crippen LogP contribution < -0.4 is 5.32 Å². The minimum absolute atomic E-state index is 0.427. The molecule has 1 saturated carbocycles. The van der Waals surface area contributed by atoms with E-state index in [-0.39, 0.29) is 0 Å². The van der Waals surface area contributed by atoms with Crippen LogP contribution >= 0.6 is 0 Å². The van der Waals surface area contributed by atoms with Crippen molar-refractivity contribution in [1.82, 2.24) is 15.3 Å². The fourth-order valence-electron chi connectivity index (χ4n) is 2.70. The maximum atomic E-state index is 4.09. The minimum Gasteiger partial charge on any atom is -0.313 e. The smallest absolute Gasteiger partial charge is 0.115 e. The van der Waals surface area contributed by atoms with E-state index in [4.69, 9.17) is 0 Å². The molecule has 1 aliphatic carbocycles. The lowest BCUT2D eigenvalue weighted by Crippen LogP contribution is -2.24. The first-order valence-corrected chi connectivity index (χ1v) is 5.73. The van der Waals surface area contributed by atoms with Gasteiger partial charge in [0.15, 0.2) is 0 Å². The van der Waals surface area contributed by atoms with Crippen molar-refractivity contribution >= 4 is 0 Å². The highest BCUT2D eigenvalue weighted by atomic mass is 14.9. The summed E-state index contributed by atoms with van der Waals surface area (Å²) in [6.45, 7) is 2.34. The number of hydrogen-bond donors (Lipinski definition) is 1. The van der Waals surface area contributed by atoms with E-state index in [2.05, 4.69) is 22.2 Å². The molecule has 0 bridgehead atoms. The molecule has 0 radical (unpaired) electrons. The molecule has 3 heteroatoms. The Balaban J connectivity index is 2.11. The largest absolute Gasteiger partial charge is 0.313 e. The van der Waals surface area contributed by atoms with Crippen LogP contribution in [0.3, 0.4) is 0 Å². The summed E-state index contributed by atoms with van der Waals surface area (Å²) in [6.07, 6.45) is 9.44. The third-order valence-corrected chi connectivity index (χ3v) is 3.46. The van der Waals surface area contributed by atoms with Crippen LogP contribution in [0.1, 0.15) is 37.8 Å². The van der Waals surface area contributed by atoms with Crippen LogP contribution in [0.25, 0.3) is 0 Å². The summed E-state index contributed by atoms with van der Waals surface area (Å²) >= 11 is 0. The predicted molar refractivity (Wildman–Crippen MR) is 60.3 cm³/mol. The zero-order chi connectivity index (χ0) is 10.7. The molecule has 1 heterocycles. The number of rotatable bonds is 3. The van der Waals surface area contributed by atoms with Crippen molar-refractivity contribution in [3.8, 4) is 0 Å². The lowest BCUT2D eigenvalue weighted by atomic mass is 9.93. The lowest BCUT2D eigenvalue weighted by Gasteiger charge is -2.22. The molecule has 0 spiro atoms. The summed E-state index contributed by atoms with van der Waals surface area (Å²) in [6, 6.07) is 0.427. The molecule has 1 aromatic heterocycles.